The van der Waals surface area contributed by atoms with Gasteiger partial charge in [-0.25, -0.2) is 4.79 Å². The number of carbonyl (C=O) groups excluding carboxylic acids is 1. The van der Waals surface area contributed by atoms with Gasteiger partial charge in [0.2, 0.25) is 0 Å². The summed E-state index contributed by atoms with van der Waals surface area (Å²) in [6, 6.07) is 4.85. The average Bonchev–Trinajstić information content (AvgIpc) is 2.19. The van der Waals surface area contributed by atoms with E-state index in [1.165, 1.54) is 12.1 Å². The Morgan fingerprint density at radius 2 is 1.63 bits per heavy atom. The van der Waals surface area contributed by atoms with Crippen molar-refractivity contribution < 1.29 is 35.3 Å². The number of hydrogen-bond donors (Lipinski definition) is 0. The first-order chi connectivity index (χ1) is 8.12. The van der Waals surface area contributed by atoms with Crippen LogP contribution in [0.4, 0.5) is 18.0 Å². The third kappa shape index (κ3) is 5.32. The molecule has 0 amide bonds. The van der Waals surface area contributed by atoms with Crippen LogP contribution in [0.25, 0.3) is 0 Å². The fourth-order valence-electron chi connectivity index (χ4n) is 0.753. The predicted octanol–water partition coefficient (Wildman–Crippen LogP) is 2.06. The van der Waals surface area contributed by atoms with E-state index in [4.69, 9.17) is 11.6 Å². The molecule has 0 aromatic heterocycles. The molecule has 0 saturated carbocycles. The summed E-state index contributed by atoms with van der Waals surface area (Å²) in [5, 5.41) is 0.290. The first-order valence-electron chi connectivity index (χ1n) is 4.10. The molecule has 0 atom stereocenters. The molecule has 5 nitrogen and oxygen atoms in total. The molecule has 0 unspecified atom stereocenters. The van der Waals surface area contributed by atoms with Crippen molar-refractivity contribution in [2.75, 3.05) is 0 Å². The Kier molecular flexibility index (Phi) is 6.22. The van der Waals surface area contributed by atoms with Gasteiger partial charge < -0.3 is 8.92 Å². The Bertz CT molecular complexity index is 542. The number of rotatable bonds is 2. The van der Waals surface area contributed by atoms with Crippen LogP contribution in [0.5, 0.6) is 5.75 Å². The average molecular weight is 313 g/mol. The number of carbonyl (C=O) groups is 1. The molecule has 0 N–H and O–H groups in total. The molecule has 1 aromatic carbocycles. The van der Waals surface area contributed by atoms with Crippen molar-refractivity contribution in [2.45, 2.75) is 5.51 Å². The molecule has 0 spiro atoms. The fourth-order valence-corrected chi connectivity index (χ4v) is 1.19. The van der Waals surface area contributed by atoms with Crippen molar-refractivity contribution in [3.05, 3.63) is 29.3 Å². The fraction of sp³-hybridized carbons (Fsp3) is 0.125. The van der Waals surface area contributed by atoms with Gasteiger partial charge in [-0.05, 0) is 24.3 Å². The molecule has 0 radical (unpaired) electrons. The second-order valence-electron chi connectivity index (χ2n) is 2.79. The summed E-state index contributed by atoms with van der Waals surface area (Å²) in [4.78, 5) is 10.8. The second-order valence-corrected chi connectivity index (χ2v) is 4.76. The maximum atomic E-state index is 11.8. The van der Waals surface area contributed by atoms with Crippen LogP contribution in [0.1, 0.15) is 0 Å². The van der Waals surface area contributed by atoms with E-state index in [0.717, 1.165) is 12.1 Å². The molecule has 0 aliphatic carbocycles. The van der Waals surface area contributed by atoms with Gasteiger partial charge in [0.25, 0.3) is 0 Å². The normalized spacial score (nSPS) is 11.4. The molecule has 1 rings (SSSR count). The van der Waals surface area contributed by atoms with Gasteiger partial charge >= 0.3 is 40.6 Å². The minimum atomic E-state index is -6.03. The quantitative estimate of drug-likeness (QED) is 0.275. The van der Waals surface area contributed by atoms with Gasteiger partial charge in [-0.2, -0.15) is 21.6 Å². The first-order valence-corrected chi connectivity index (χ1v) is 5.88. The maximum absolute atomic E-state index is 11.8. The van der Waals surface area contributed by atoms with E-state index in [0.29, 0.717) is 5.02 Å². The van der Waals surface area contributed by atoms with E-state index < -0.39 is 21.8 Å². The molecule has 0 fully saturated rings. The topological polar surface area (TPSA) is 69.7 Å². The number of benzene rings is 1. The zero-order valence-corrected chi connectivity index (χ0v) is 9.84. The van der Waals surface area contributed by atoms with Crippen molar-refractivity contribution in [3.8, 4) is 5.75 Å². The van der Waals surface area contributed by atoms with Gasteiger partial charge in [0.15, 0.2) is 0 Å². The molecule has 11 heteroatoms. The molecule has 19 heavy (non-hydrogen) atoms. The van der Waals surface area contributed by atoms with Gasteiger partial charge in [-0.15, -0.1) is 0 Å². The zero-order chi connectivity index (χ0) is 14.0. The first kappa shape index (κ1) is 18.1. The van der Waals surface area contributed by atoms with Crippen LogP contribution in [0.3, 0.4) is 0 Å². The molecule has 0 saturated heterocycles. The zero-order valence-electron chi connectivity index (χ0n) is 8.27. The SMILES string of the molecule is O=C(Oc1ccc(Cl)cc1)OS(=O)(=O)C(F)(F)F.[LiH]. The Balaban J connectivity index is 0.00000324. The van der Waals surface area contributed by atoms with E-state index in [1.807, 2.05) is 0 Å². The van der Waals surface area contributed by atoms with E-state index in [-0.39, 0.29) is 24.6 Å². The minimum absolute atomic E-state index is 0. The number of alkyl halides is 3. The molecular weight excluding hydrogens is 308 g/mol. The van der Waals surface area contributed by atoms with E-state index in [9.17, 15) is 26.4 Å². The predicted molar refractivity (Wildman–Crippen MR) is 60.7 cm³/mol. The van der Waals surface area contributed by atoms with Crippen LogP contribution < -0.4 is 4.74 Å². The van der Waals surface area contributed by atoms with Gasteiger partial charge in [-0.1, -0.05) is 11.6 Å². The Labute approximate surface area is 122 Å². The standard InChI is InChI=1S/C8H4ClF3O5S.Li.H/c9-5-1-3-6(4-2-5)16-7(13)17-18(14,15)8(10,11)12;;/h1-4H;;. The molecule has 102 valence electrons. The number of ether oxygens (including phenoxy) is 1. The van der Waals surface area contributed by atoms with Crippen molar-refractivity contribution >= 4 is 46.7 Å². The van der Waals surface area contributed by atoms with Crippen LogP contribution in [0.2, 0.25) is 5.02 Å². The van der Waals surface area contributed by atoms with E-state index in [1.54, 1.807) is 0 Å². The Hall–Kier alpha value is -0.883. The number of halogens is 4. The van der Waals surface area contributed by atoms with Gasteiger partial charge in [0.05, 0.1) is 0 Å². The summed E-state index contributed by atoms with van der Waals surface area (Å²) in [6.45, 7) is 0. The van der Waals surface area contributed by atoms with Crippen LogP contribution in [0, 0.1) is 0 Å². The van der Waals surface area contributed by atoms with E-state index in [2.05, 4.69) is 8.92 Å². The monoisotopic (exact) mass is 312 g/mol. The molecule has 0 bridgehead atoms. The summed E-state index contributed by atoms with van der Waals surface area (Å²) < 4.78 is 63.8. The van der Waals surface area contributed by atoms with Gasteiger partial charge in [0, 0.05) is 5.02 Å². The van der Waals surface area contributed by atoms with Crippen molar-refractivity contribution in [2.24, 2.45) is 0 Å². The van der Waals surface area contributed by atoms with Gasteiger partial charge in [-0.3, -0.25) is 0 Å². The third-order valence-electron chi connectivity index (χ3n) is 1.48. The van der Waals surface area contributed by atoms with Crippen LogP contribution >= 0.6 is 11.6 Å². The van der Waals surface area contributed by atoms with Crippen molar-refractivity contribution in [1.29, 1.82) is 0 Å². The van der Waals surface area contributed by atoms with Crippen molar-refractivity contribution in [3.63, 3.8) is 0 Å². The Morgan fingerprint density at radius 1 is 1.16 bits per heavy atom. The van der Waals surface area contributed by atoms with E-state index >= 15 is 0 Å². The Morgan fingerprint density at radius 3 is 2.05 bits per heavy atom. The molecule has 1 aromatic rings. The number of hydrogen-bond acceptors (Lipinski definition) is 5. The summed E-state index contributed by atoms with van der Waals surface area (Å²) in [5.74, 6) is -0.221. The molecular formula is C8H5ClF3LiO5S. The summed E-state index contributed by atoms with van der Waals surface area (Å²) >= 11 is 5.50. The summed E-state index contributed by atoms with van der Waals surface area (Å²) in [7, 11) is -6.03. The van der Waals surface area contributed by atoms with Gasteiger partial charge in [0.1, 0.15) is 5.75 Å². The van der Waals surface area contributed by atoms with Crippen molar-refractivity contribution in [1.82, 2.24) is 0 Å². The molecule has 0 aliphatic rings. The van der Waals surface area contributed by atoms with Crippen LogP contribution in [-0.2, 0) is 14.3 Å². The summed E-state index contributed by atoms with van der Waals surface area (Å²) in [5.41, 5.74) is -5.70. The third-order valence-corrected chi connectivity index (χ3v) is 2.65. The molecule has 0 heterocycles. The van der Waals surface area contributed by atoms with Crippen LogP contribution in [-0.4, -0.2) is 38.9 Å². The van der Waals surface area contributed by atoms with Crippen LogP contribution in [0.15, 0.2) is 24.3 Å². The summed E-state index contributed by atoms with van der Waals surface area (Å²) in [6.07, 6.45) is -2.02. The second kappa shape index (κ2) is 6.52. The molecule has 0 aliphatic heterocycles.